The van der Waals surface area contributed by atoms with Crippen molar-refractivity contribution in [3.05, 3.63) is 65.7 Å². The molecule has 2 aromatic rings. The number of aromatic carboxylic acids is 1. The summed E-state index contributed by atoms with van der Waals surface area (Å²) in [7, 11) is 0. The minimum atomic E-state index is -1.77. The monoisotopic (exact) mass is 684 g/mol. The Morgan fingerprint density at radius 3 is 1.90 bits per heavy atom. The van der Waals surface area contributed by atoms with Crippen LogP contribution in [0.1, 0.15) is 50.0 Å². The van der Waals surface area contributed by atoms with E-state index in [1.807, 2.05) is 19.2 Å². The van der Waals surface area contributed by atoms with Gasteiger partial charge in [0.05, 0.1) is 11.6 Å². The van der Waals surface area contributed by atoms with Gasteiger partial charge in [-0.15, -0.1) is 0 Å². The van der Waals surface area contributed by atoms with Crippen molar-refractivity contribution in [1.82, 2.24) is 21.3 Å². The SMILES string of the molecule is CC(C)C[C@H](NC(=O)[C@@H](NC(=O)[C@@H](N)CNC(=O)C(=O)O)C(C)C)C(=O)N[C@@H](Cc1ccccc1)[C@@H](O)C(=O)Nc1ccc(C(=O)O)cc1. The maximum atomic E-state index is 13.7. The summed E-state index contributed by atoms with van der Waals surface area (Å²) in [5, 5.41) is 41.3. The van der Waals surface area contributed by atoms with E-state index in [1.165, 1.54) is 24.3 Å². The van der Waals surface area contributed by atoms with E-state index in [4.69, 9.17) is 15.9 Å². The molecular formula is C33H44N6O10. The number of aliphatic carboxylic acids is 1. The second kappa shape index (κ2) is 18.8. The summed E-state index contributed by atoms with van der Waals surface area (Å²) < 4.78 is 0. The average molecular weight is 685 g/mol. The van der Waals surface area contributed by atoms with Crippen LogP contribution in [-0.2, 0) is 35.2 Å². The standard InChI is InChI=1S/C33H44N6O10/c1-17(2)14-24(38-29(43)25(18(3)4)39-27(41)22(34)16-35-31(45)33(48)49)28(42)37-23(15-19-8-6-5-7-9-19)26(40)30(44)36-21-12-10-20(11-13-21)32(46)47/h5-13,17-18,22-26,40H,14-16,34H2,1-4H3,(H,35,45)(H,36,44)(H,37,42)(H,38,43)(H,39,41)(H,46,47)(H,48,49)/t22-,23-,24-,25-,26+/m0/s1. The molecule has 266 valence electrons. The number of carbonyl (C=O) groups is 7. The number of benzene rings is 2. The molecule has 16 heteroatoms. The van der Waals surface area contributed by atoms with Gasteiger partial charge >= 0.3 is 17.8 Å². The van der Waals surface area contributed by atoms with E-state index in [1.54, 1.807) is 44.2 Å². The molecule has 0 unspecified atom stereocenters. The smallest absolute Gasteiger partial charge is 0.394 e. The van der Waals surface area contributed by atoms with Gasteiger partial charge in [-0.1, -0.05) is 58.0 Å². The molecule has 0 radical (unpaired) electrons. The number of anilines is 1. The highest BCUT2D eigenvalue weighted by molar-refractivity contribution is 6.31. The number of carbonyl (C=O) groups excluding carboxylic acids is 5. The first-order chi connectivity index (χ1) is 23.0. The number of hydrogen-bond donors (Lipinski definition) is 9. The Hall–Kier alpha value is -5.35. The highest BCUT2D eigenvalue weighted by Gasteiger charge is 2.34. The summed E-state index contributed by atoms with van der Waals surface area (Å²) in [4.78, 5) is 86.1. The van der Waals surface area contributed by atoms with Crippen LogP contribution in [0.5, 0.6) is 0 Å². The van der Waals surface area contributed by atoms with Gasteiger partial charge in [-0.25, -0.2) is 9.59 Å². The Bertz CT molecular complexity index is 1480. The van der Waals surface area contributed by atoms with Crippen LogP contribution in [0.25, 0.3) is 0 Å². The molecule has 16 nitrogen and oxygen atoms in total. The molecule has 5 amide bonds. The first kappa shape index (κ1) is 39.8. The minimum absolute atomic E-state index is 0.00244. The normalized spacial score (nSPS) is 14.0. The van der Waals surface area contributed by atoms with E-state index in [0.29, 0.717) is 5.56 Å². The van der Waals surface area contributed by atoms with Gasteiger partial charge in [0, 0.05) is 12.2 Å². The largest absolute Gasteiger partial charge is 0.478 e. The van der Waals surface area contributed by atoms with Gasteiger partial charge in [0.1, 0.15) is 18.1 Å². The zero-order valence-electron chi connectivity index (χ0n) is 27.6. The second-order valence-corrected chi connectivity index (χ2v) is 12.2. The third kappa shape index (κ3) is 13.0. The van der Waals surface area contributed by atoms with Crippen molar-refractivity contribution in [2.75, 3.05) is 11.9 Å². The van der Waals surface area contributed by atoms with Crippen molar-refractivity contribution in [1.29, 1.82) is 0 Å². The summed E-state index contributed by atoms with van der Waals surface area (Å²) in [5.74, 6) is -8.01. The fourth-order valence-electron chi connectivity index (χ4n) is 4.62. The van der Waals surface area contributed by atoms with Crippen LogP contribution in [-0.4, -0.2) is 93.6 Å². The quantitative estimate of drug-likeness (QED) is 0.0969. The maximum Gasteiger partial charge on any atom is 0.394 e. The number of amides is 5. The molecule has 10 N–H and O–H groups in total. The van der Waals surface area contributed by atoms with Crippen molar-refractivity contribution >= 4 is 47.2 Å². The summed E-state index contributed by atoms with van der Waals surface area (Å²) in [5.41, 5.74) is 6.68. The molecule has 0 spiro atoms. The van der Waals surface area contributed by atoms with E-state index in [9.17, 15) is 38.7 Å². The van der Waals surface area contributed by atoms with Crippen LogP contribution in [0.15, 0.2) is 54.6 Å². The van der Waals surface area contributed by atoms with E-state index in [2.05, 4.69) is 21.3 Å². The van der Waals surface area contributed by atoms with Crippen molar-refractivity contribution < 1.29 is 48.9 Å². The summed E-state index contributed by atoms with van der Waals surface area (Å²) in [6.45, 7) is 6.41. The van der Waals surface area contributed by atoms with Gasteiger partial charge in [-0.2, -0.15) is 0 Å². The van der Waals surface area contributed by atoms with E-state index in [-0.39, 0.29) is 30.0 Å². The van der Waals surface area contributed by atoms with Crippen LogP contribution in [0.2, 0.25) is 0 Å². The lowest BCUT2D eigenvalue weighted by atomic mass is 9.97. The zero-order chi connectivity index (χ0) is 36.8. The van der Waals surface area contributed by atoms with E-state index < -0.39 is 84.2 Å². The van der Waals surface area contributed by atoms with Gasteiger partial charge in [-0.3, -0.25) is 24.0 Å². The number of nitrogens with two attached hydrogens (primary N) is 1. The predicted octanol–water partition coefficient (Wildman–Crippen LogP) is -0.388. The number of nitrogens with one attached hydrogen (secondary N) is 5. The van der Waals surface area contributed by atoms with Gasteiger partial charge in [0.15, 0.2) is 6.10 Å². The average Bonchev–Trinajstić information content (AvgIpc) is 3.04. The fourth-order valence-corrected chi connectivity index (χ4v) is 4.62. The Balaban J connectivity index is 2.24. The topological polar surface area (TPSA) is 266 Å². The second-order valence-electron chi connectivity index (χ2n) is 12.2. The maximum absolute atomic E-state index is 13.7. The third-order valence-corrected chi connectivity index (χ3v) is 7.28. The van der Waals surface area contributed by atoms with Crippen LogP contribution >= 0.6 is 0 Å². The van der Waals surface area contributed by atoms with Crippen LogP contribution in [0, 0.1) is 11.8 Å². The van der Waals surface area contributed by atoms with Crippen LogP contribution < -0.4 is 32.3 Å². The fraction of sp³-hybridized carbons (Fsp3) is 0.424. The Kier molecular flexibility index (Phi) is 15.3. The molecule has 0 aromatic heterocycles. The lowest BCUT2D eigenvalue weighted by Gasteiger charge is -2.29. The summed E-state index contributed by atoms with van der Waals surface area (Å²) >= 11 is 0. The highest BCUT2D eigenvalue weighted by atomic mass is 16.4. The number of carboxylic acid groups (broad SMARTS) is 2. The van der Waals surface area contributed by atoms with Crippen LogP contribution in [0.3, 0.4) is 0 Å². The van der Waals surface area contributed by atoms with E-state index in [0.717, 1.165) is 0 Å². The number of carboxylic acids is 2. The third-order valence-electron chi connectivity index (χ3n) is 7.28. The summed E-state index contributed by atoms with van der Waals surface area (Å²) in [6, 6.07) is 9.15. The van der Waals surface area contributed by atoms with Crippen molar-refractivity contribution in [2.45, 2.75) is 70.8 Å². The lowest BCUT2D eigenvalue weighted by Crippen LogP contribution is -2.60. The molecule has 0 aliphatic rings. The van der Waals surface area contributed by atoms with Gasteiger partial charge in [0.25, 0.3) is 5.91 Å². The Morgan fingerprint density at radius 2 is 1.37 bits per heavy atom. The molecule has 5 atom stereocenters. The zero-order valence-corrected chi connectivity index (χ0v) is 27.6. The number of aliphatic hydroxyl groups excluding tert-OH is 1. The predicted molar refractivity (Wildman–Crippen MR) is 177 cm³/mol. The van der Waals surface area contributed by atoms with Gasteiger partial charge in [-0.05, 0) is 54.5 Å². The Morgan fingerprint density at radius 1 is 0.755 bits per heavy atom. The highest BCUT2D eigenvalue weighted by Crippen LogP contribution is 2.14. The number of aliphatic hydroxyl groups is 1. The minimum Gasteiger partial charge on any atom is -0.478 e. The summed E-state index contributed by atoms with van der Waals surface area (Å²) in [6.07, 6.45) is -1.60. The van der Waals surface area contributed by atoms with Gasteiger partial charge in [0.2, 0.25) is 17.7 Å². The lowest BCUT2D eigenvalue weighted by molar-refractivity contribution is -0.150. The molecular weight excluding hydrogens is 640 g/mol. The first-order valence-corrected chi connectivity index (χ1v) is 15.5. The molecule has 0 bridgehead atoms. The molecule has 0 aliphatic carbocycles. The first-order valence-electron chi connectivity index (χ1n) is 15.5. The van der Waals surface area contributed by atoms with Gasteiger partial charge < -0.3 is 47.6 Å². The van der Waals surface area contributed by atoms with Crippen molar-refractivity contribution in [3.8, 4) is 0 Å². The number of rotatable bonds is 17. The molecule has 0 saturated carbocycles. The number of hydrogen-bond acceptors (Lipinski definition) is 9. The molecule has 0 saturated heterocycles. The molecule has 0 heterocycles. The molecule has 2 aromatic carbocycles. The van der Waals surface area contributed by atoms with Crippen molar-refractivity contribution in [2.24, 2.45) is 17.6 Å². The molecule has 49 heavy (non-hydrogen) atoms. The molecule has 0 aliphatic heterocycles. The Labute approximate surface area is 283 Å². The molecule has 2 rings (SSSR count). The van der Waals surface area contributed by atoms with Crippen molar-refractivity contribution in [3.63, 3.8) is 0 Å². The van der Waals surface area contributed by atoms with Crippen LogP contribution in [0.4, 0.5) is 5.69 Å². The van der Waals surface area contributed by atoms with E-state index >= 15 is 0 Å². The molecule has 0 fully saturated rings.